The molecule has 1 atom stereocenters. The molecule has 4 aromatic carbocycles. The van der Waals surface area contributed by atoms with E-state index in [4.69, 9.17) is 27.9 Å². The summed E-state index contributed by atoms with van der Waals surface area (Å²) in [5.74, 6) is -0.224. The van der Waals surface area contributed by atoms with Crippen LogP contribution in [0, 0.1) is 0 Å². The van der Waals surface area contributed by atoms with Crippen molar-refractivity contribution in [2.75, 3.05) is 26.2 Å². The van der Waals surface area contributed by atoms with Crippen LogP contribution in [0.4, 0.5) is 0 Å². The molecule has 0 aliphatic carbocycles. The number of piperazine rings is 1. The molecule has 4 aromatic rings. The van der Waals surface area contributed by atoms with Gasteiger partial charge in [-0.1, -0.05) is 114 Å². The van der Waals surface area contributed by atoms with Gasteiger partial charge in [0.15, 0.2) is 0 Å². The van der Waals surface area contributed by atoms with Gasteiger partial charge in [0.25, 0.3) is 0 Å². The first-order valence-corrected chi connectivity index (χ1v) is 14.0. The summed E-state index contributed by atoms with van der Waals surface area (Å²) >= 11 is 12.6. The molecule has 0 saturated carbocycles. The van der Waals surface area contributed by atoms with Crippen LogP contribution in [0.25, 0.3) is 0 Å². The Kier molecular flexibility index (Phi) is 8.69. The maximum absolute atomic E-state index is 13.5. The zero-order chi connectivity index (χ0) is 27.2. The van der Waals surface area contributed by atoms with Crippen molar-refractivity contribution in [3.8, 4) is 0 Å². The zero-order valence-corrected chi connectivity index (χ0v) is 23.5. The maximum Gasteiger partial charge on any atom is 0.324 e. The van der Waals surface area contributed by atoms with Crippen LogP contribution in [-0.2, 0) is 21.6 Å². The number of carbonyl (C=O) groups is 1. The number of hydrogen-bond donors (Lipinski definition) is 0. The molecule has 39 heavy (non-hydrogen) atoms. The second-order valence-corrected chi connectivity index (χ2v) is 10.6. The van der Waals surface area contributed by atoms with E-state index >= 15 is 0 Å². The standard InChI is InChI=1S/C33H32Cl2N2O2/c1-2-39-32(38)31-24-37(19-18-36(31)23-25-20-29(34)22-30(35)21-25)33(26-12-6-3-7-13-26,27-14-8-4-9-15-27)28-16-10-5-11-17-28/h3-17,20-22,31H,2,18-19,23-24H2,1H3. The summed E-state index contributed by atoms with van der Waals surface area (Å²) in [6, 6.07) is 36.8. The number of benzene rings is 4. The number of halogens is 2. The number of ether oxygens (including phenoxy) is 1. The molecule has 1 heterocycles. The maximum atomic E-state index is 13.5. The van der Waals surface area contributed by atoms with E-state index in [0.717, 1.165) is 28.8 Å². The fourth-order valence-corrected chi connectivity index (χ4v) is 6.37. The van der Waals surface area contributed by atoms with Crippen molar-refractivity contribution < 1.29 is 9.53 Å². The quantitative estimate of drug-likeness (QED) is 0.171. The van der Waals surface area contributed by atoms with Crippen LogP contribution >= 0.6 is 23.2 Å². The highest BCUT2D eigenvalue weighted by Crippen LogP contribution is 2.43. The smallest absolute Gasteiger partial charge is 0.324 e. The van der Waals surface area contributed by atoms with Crippen LogP contribution in [0.15, 0.2) is 109 Å². The van der Waals surface area contributed by atoms with Crippen molar-refractivity contribution in [3.63, 3.8) is 0 Å². The zero-order valence-electron chi connectivity index (χ0n) is 22.0. The third-order valence-corrected chi connectivity index (χ3v) is 7.84. The summed E-state index contributed by atoms with van der Waals surface area (Å²) < 4.78 is 5.62. The number of carbonyl (C=O) groups excluding carboxylic acids is 1. The highest BCUT2D eigenvalue weighted by molar-refractivity contribution is 6.34. The molecule has 1 aliphatic rings. The SMILES string of the molecule is CCOC(=O)C1CN(C(c2ccccc2)(c2ccccc2)c2ccccc2)CCN1Cc1cc(Cl)cc(Cl)c1. The van der Waals surface area contributed by atoms with Gasteiger partial charge in [-0.3, -0.25) is 14.6 Å². The van der Waals surface area contributed by atoms with Crippen LogP contribution in [0.5, 0.6) is 0 Å². The number of rotatable bonds is 8. The van der Waals surface area contributed by atoms with Crippen LogP contribution in [0.3, 0.4) is 0 Å². The van der Waals surface area contributed by atoms with Gasteiger partial charge >= 0.3 is 5.97 Å². The molecule has 1 unspecified atom stereocenters. The van der Waals surface area contributed by atoms with Crippen molar-refractivity contribution >= 4 is 29.2 Å². The van der Waals surface area contributed by atoms with Gasteiger partial charge in [0.1, 0.15) is 6.04 Å². The van der Waals surface area contributed by atoms with Crippen LogP contribution < -0.4 is 0 Å². The third kappa shape index (κ3) is 5.75. The van der Waals surface area contributed by atoms with E-state index in [1.165, 1.54) is 0 Å². The first kappa shape index (κ1) is 27.4. The summed E-state index contributed by atoms with van der Waals surface area (Å²) in [5, 5.41) is 1.17. The van der Waals surface area contributed by atoms with E-state index in [2.05, 4.69) is 82.6 Å². The molecule has 1 saturated heterocycles. The predicted octanol–water partition coefficient (Wildman–Crippen LogP) is 7.03. The molecule has 0 amide bonds. The average molecular weight is 560 g/mol. The molecule has 5 rings (SSSR count). The fraction of sp³-hybridized carbons (Fsp3) is 0.242. The lowest BCUT2D eigenvalue weighted by atomic mass is 9.75. The van der Waals surface area contributed by atoms with E-state index in [-0.39, 0.29) is 5.97 Å². The molecule has 200 valence electrons. The summed E-state index contributed by atoms with van der Waals surface area (Å²) in [7, 11) is 0. The molecular weight excluding hydrogens is 527 g/mol. The van der Waals surface area contributed by atoms with Crippen LogP contribution in [-0.4, -0.2) is 48.1 Å². The number of esters is 1. The highest BCUT2D eigenvalue weighted by atomic mass is 35.5. The summed E-state index contributed by atoms with van der Waals surface area (Å²) in [6.45, 7) is 4.62. The molecule has 0 aromatic heterocycles. The first-order chi connectivity index (χ1) is 19.0. The molecule has 0 spiro atoms. The Hall–Kier alpha value is -3.15. The van der Waals surface area contributed by atoms with E-state index in [1.807, 2.05) is 37.3 Å². The van der Waals surface area contributed by atoms with Gasteiger partial charge in [0.2, 0.25) is 0 Å². The minimum Gasteiger partial charge on any atom is -0.465 e. The largest absolute Gasteiger partial charge is 0.465 e. The molecular formula is C33H32Cl2N2O2. The lowest BCUT2D eigenvalue weighted by molar-refractivity contribution is -0.153. The Balaban J connectivity index is 1.61. The minimum absolute atomic E-state index is 0.224. The van der Waals surface area contributed by atoms with E-state index in [9.17, 15) is 4.79 Å². The van der Waals surface area contributed by atoms with Crippen molar-refractivity contribution in [1.29, 1.82) is 0 Å². The average Bonchev–Trinajstić information content (AvgIpc) is 2.95. The molecule has 1 aliphatic heterocycles. The molecule has 0 bridgehead atoms. The Morgan fingerprint density at radius 1 is 0.795 bits per heavy atom. The van der Waals surface area contributed by atoms with Crippen molar-refractivity contribution in [2.45, 2.75) is 25.0 Å². The summed E-state index contributed by atoms with van der Waals surface area (Å²) in [5.41, 5.74) is 3.83. The number of hydrogen-bond acceptors (Lipinski definition) is 4. The van der Waals surface area contributed by atoms with Gasteiger partial charge in [0.05, 0.1) is 12.1 Å². The van der Waals surface area contributed by atoms with Gasteiger partial charge in [-0.15, -0.1) is 0 Å². The van der Waals surface area contributed by atoms with Gasteiger partial charge in [-0.25, -0.2) is 0 Å². The number of nitrogens with zero attached hydrogens (tertiary/aromatic N) is 2. The van der Waals surface area contributed by atoms with Gasteiger partial charge < -0.3 is 4.74 Å². The van der Waals surface area contributed by atoms with Crippen molar-refractivity contribution in [2.24, 2.45) is 0 Å². The first-order valence-electron chi connectivity index (χ1n) is 13.3. The third-order valence-electron chi connectivity index (χ3n) is 7.41. The molecule has 1 fully saturated rings. The summed E-state index contributed by atoms with van der Waals surface area (Å²) in [6.07, 6.45) is 0. The Morgan fingerprint density at radius 3 is 1.74 bits per heavy atom. The van der Waals surface area contributed by atoms with E-state index < -0.39 is 11.6 Å². The van der Waals surface area contributed by atoms with Gasteiger partial charge in [-0.2, -0.15) is 0 Å². The van der Waals surface area contributed by atoms with Gasteiger partial charge in [-0.05, 0) is 47.4 Å². The van der Waals surface area contributed by atoms with E-state index in [0.29, 0.717) is 36.3 Å². The van der Waals surface area contributed by atoms with Crippen LogP contribution in [0.1, 0.15) is 29.2 Å². The lowest BCUT2D eigenvalue weighted by Gasteiger charge is -2.51. The second kappa shape index (κ2) is 12.4. The topological polar surface area (TPSA) is 32.8 Å². The summed E-state index contributed by atoms with van der Waals surface area (Å²) in [4.78, 5) is 18.1. The van der Waals surface area contributed by atoms with E-state index in [1.54, 1.807) is 6.07 Å². The predicted molar refractivity (Wildman–Crippen MR) is 158 cm³/mol. The van der Waals surface area contributed by atoms with Crippen molar-refractivity contribution in [3.05, 3.63) is 141 Å². The second-order valence-electron chi connectivity index (χ2n) is 9.77. The van der Waals surface area contributed by atoms with Crippen molar-refractivity contribution in [1.82, 2.24) is 9.80 Å². The minimum atomic E-state index is -0.597. The molecule has 6 heteroatoms. The monoisotopic (exact) mass is 558 g/mol. The Labute approximate surface area is 240 Å². The normalized spacial score (nSPS) is 16.6. The van der Waals surface area contributed by atoms with Gasteiger partial charge in [0, 0.05) is 36.2 Å². The Morgan fingerprint density at radius 2 is 1.28 bits per heavy atom. The molecule has 4 nitrogen and oxygen atoms in total. The lowest BCUT2D eigenvalue weighted by Crippen LogP contribution is -2.62. The highest BCUT2D eigenvalue weighted by Gasteiger charge is 2.46. The Bertz CT molecular complexity index is 1270. The van der Waals surface area contributed by atoms with Crippen LogP contribution in [0.2, 0.25) is 10.0 Å². The fourth-order valence-electron chi connectivity index (χ4n) is 5.80. The molecule has 0 radical (unpaired) electrons. The molecule has 0 N–H and O–H groups in total.